The second-order valence-electron chi connectivity index (χ2n) is 5.09. The topological polar surface area (TPSA) is 29.3 Å². The van der Waals surface area contributed by atoms with Gasteiger partial charge in [-0.25, -0.2) is 0 Å². The van der Waals surface area contributed by atoms with Gasteiger partial charge in [-0.1, -0.05) is 35.0 Å². The lowest BCUT2D eigenvalue weighted by molar-refractivity contribution is 0.185. The average Bonchev–Trinajstić information content (AvgIpc) is 2.34. The minimum Gasteiger partial charge on any atom is -0.326 e. The van der Waals surface area contributed by atoms with E-state index in [9.17, 15) is 0 Å². The molecule has 3 heteroatoms. The maximum absolute atomic E-state index is 5.64. The number of hydrogen-bond donors (Lipinski definition) is 1. The lowest BCUT2D eigenvalue weighted by atomic mass is 9.99. The second kappa shape index (κ2) is 5.98. The summed E-state index contributed by atoms with van der Waals surface area (Å²) in [6, 6.07) is 6.47. The van der Waals surface area contributed by atoms with E-state index in [4.69, 9.17) is 5.73 Å². The van der Waals surface area contributed by atoms with Crippen LogP contribution in [0, 0.1) is 5.92 Å². The van der Waals surface area contributed by atoms with Gasteiger partial charge >= 0.3 is 0 Å². The molecule has 1 saturated heterocycles. The maximum atomic E-state index is 5.64. The first-order valence-electron chi connectivity index (χ1n) is 6.38. The molecule has 0 saturated carbocycles. The predicted molar refractivity (Wildman–Crippen MR) is 75.7 cm³/mol. The van der Waals surface area contributed by atoms with Crippen molar-refractivity contribution in [1.29, 1.82) is 0 Å². The van der Waals surface area contributed by atoms with E-state index in [0.29, 0.717) is 6.54 Å². The predicted octanol–water partition coefficient (Wildman–Crippen LogP) is 3.14. The molecule has 1 aliphatic heterocycles. The molecule has 2 rings (SSSR count). The lowest BCUT2D eigenvalue weighted by Gasteiger charge is -2.30. The molecule has 1 heterocycles. The first-order valence-corrected chi connectivity index (χ1v) is 7.18. The number of halogens is 1. The van der Waals surface area contributed by atoms with Crippen LogP contribution in [0.4, 0.5) is 0 Å². The maximum Gasteiger partial charge on any atom is 0.0244 e. The average molecular weight is 297 g/mol. The highest BCUT2D eigenvalue weighted by molar-refractivity contribution is 9.10. The molecular formula is C14H21BrN2. The Hall–Kier alpha value is -0.380. The summed E-state index contributed by atoms with van der Waals surface area (Å²) in [5.74, 6) is 0.898. The van der Waals surface area contributed by atoms with E-state index in [2.05, 4.69) is 46.0 Å². The molecule has 1 fully saturated rings. The van der Waals surface area contributed by atoms with E-state index < -0.39 is 0 Å². The van der Waals surface area contributed by atoms with Gasteiger partial charge in [-0.05, 0) is 49.0 Å². The molecule has 0 radical (unpaired) electrons. The van der Waals surface area contributed by atoms with Gasteiger partial charge in [-0.2, -0.15) is 0 Å². The summed E-state index contributed by atoms with van der Waals surface area (Å²) in [5.41, 5.74) is 8.20. The summed E-state index contributed by atoms with van der Waals surface area (Å²) in [5, 5.41) is 0. The molecule has 0 spiro atoms. The van der Waals surface area contributed by atoms with Gasteiger partial charge in [-0.3, -0.25) is 4.90 Å². The standard InChI is InChI=1S/C14H21BrN2/c1-11-4-6-17(7-5-11)10-13-3-2-12(9-16)8-14(13)15/h2-3,8,11H,4-7,9-10,16H2,1H3. The van der Waals surface area contributed by atoms with E-state index in [1.165, 1.54) is 41.5 Å². The fourth-order valence-electron chi connectivity index (χ4n) is 2.31. The molecule has 0 amide bonds. The molecule has 0 atom stereocenters. The van der Waals surface area contributed by atoms with Crippen molar-refractivity contribution < 1.29 is 0 Å². The highest BCUT2D eigenvalue weighted by atomic mass is 79.9. The van der Waals surface area contributed by atoms with Crippen LogP contribution in [0.1, 0.15) is 30.9 Å². The number of nitrogens with zero attached hydrogens (tertiary/aromatic N) is 1. The summed E-state index contributed by atoms with van der Waals surface area (Å²) in [6.45, 7) is 6.47. The largest absolute Gasteiger partial charge is 0.326 e. The first-order chi connectivity index (χ1) is 8.19. The lowest BCUT2D eigenvalue weighted by Crippen LogP contribution is -2.32. The second-order valence-corrected chi connectivity index (χ2v) is 5.94. The van der Waals surface area contributed by atoms with Crippen molar-refractivity contribution in [2.75, 3.05) is 13.1 Å². The fraction of sp³-hybridized carbons (Fsp3) is 0.571. The minimum absolute atomic E-state index is 0.611. The fourth-order valence-corrected chi connectivity index (χ4v) is 2.86. The van der Waals surface area contributed by atoms with E-state index >= 15 is 0 Å². The highest BCUT2D eigenvalue weighted by Gasteiger charge is 2.16. The van der Waals surface area contributed by atoms with Crippen molar-refractivity contribution in [3.8, 4) is 0 Å². The molecule has 0 bridgehead atoms. The van der Waals surface area contributed by atoms with Gasteiger partial charge in [0.05, 0.1) is 0 Å². The van der Waals surface area contributed by atoms with Crippen molar-refractivity contribution in [1.82, 2.24) is 4.90 Å². The zero-order chi connectivity index (χ0) is 12.3. The third-order valence-corrected chi connectivity index (χ3v) is 4.36. The molecule has 0 aromatic heterocycles. The highest BCUT2D eigenvalue weighted by Crippen LogP contribution is 2.23. The Morgan fingerprint density at radius 3 is 2.65 bits per heavy atom. The molecule has 1 aromatic carbocycles. The number of likely N-dealkylation sites (tertiary alicyclic amines) is 1. The monoisotopic (exact) mass is 296 g/mol. The van der Waals surface area contributed by atoms with Crippen LogP contribution in [0.3, 0.4) is 0 Å². The Morgan fingerprint density at radius 2 is 2.06 bits per heavy atom. The van der Waals surface area contributed by atoms with Gasteiger partial charge in [0.25, 0.3) is 0 Å². The Morgan fingerprint density at radius 1 is 1.35 bits per heavy atom. The van der Waals surface area contributed by atoms with E-state index in [1.54, 1.807) is 0 Å². The smallest absolute Gasteiger partial charge is 0.0244 e. The summed E-state index contributed by atoms with van der Waals surface area (Å²) in [6.07, 6.45) is 2.66. The minimum atomic E-state index is 0.611. The Kier molecular flexibility index (Phi) is 4.60. The third-order valence-electron chi connectivity index (χ3n) is 3.62. The zero-order valence-corrected chi connectivity index (χ0v) is 12.0. The quantitative estimate of drug-likeness (QED) is 0.928. The van der Waals surface area contributed by atoms with E-state index in [-0.39, 0.29) is 0 Å². The Balaban J connectivity index is 1.99. The van der Waals surface area contributed by atoms with Crippen molar-refractivity contribution in [3.63, 3.8) is 0 Å². The van der Waals surface area contributed by atoms with Crippen LogP contribution in [0.15, 0.2) is 22.7 Å². The number of nitrogens with two attached hydrogens (primary N) is 1. The van der Waals surface area contributed by atoms with Crippen molar-refractivity contribution in [2.45, 2.75) is 32.9 Å². The molecule has 2 N–H and O–H groups in total. The number of benzene rings is 1. The van der Waals surface area contributed by atoms with Crippen LogP contribution in [0.5, 0.6) is 0 Å². The first kappa shape index (κ1) is 13.1. The number of rotatable bonds is 3. The number of piperidine rings is 1. The molecule has 1 aromatic rings. The third kappa shape index (κ3) is 3.54. The normalized spacial score (nSPS) is 18.5. The van der Waals surface area contributed by atoms with Gasteiger partial charge in [0.1, 0.15) is 0 Å². The summed E-state index contributed by atoms with van der Waals surface area (Å²) >= 11 is 3.64. The van der Waals surface area contributed by atoms with Gasteiger partial charge < -0.3 is 5.73 Å². The summed E-state index contributed by atoms with van der Waals surface area (Å²) in [4.78, 5) is 2.54. The summed E-state index contributed by atoms with van der Waals surface area (Å²) in [7, 11) is 0. The Bertz CT molecular complexity index is 370. The SMILES string of the molecule is CC1CCN(Cc2ccc(CN)cc2Br)CC1. The molecule has 0 aliphatic carbocycles. The van der Waals surface area contributed by atoms with Crippen molar-refractivity contribution in [3.05, 3.63) is 33.8 Å². The molecule has 1 aliphatic rings. The van der Waals surface area contributed by atoms with Crippen LogP contribution < -0.4 is 5.73 Å². The molecule has 17 heavy (non-hydrogen) atoms. The zero-order valence-electron chi connectivity index (χ0n) is 10.5. The molecule has 2 nitrogen and oxygen atoms in total. The van der Waals surface area contributed by atoms with E-state index in [0.717, 1.165) is 12.5 Å². The molecule has 94 valence electrons. The van der Waals surface area contributed by atoms with Gasteiger partial charge in [0.15, 0.2) is 0 Å². The summed E-state index contributed by atoms with van der Waals surface area (Å²) < 4.78 is 1.19. The van der Waals surface area contributed by atoms with Crippen LogP contribution in [-0.2, 0) is 13.1 Å². The number of hydrogen-bond acceptors (Lipinski definition) is 2. The van der Waals surface area contributed by atoms with Crippen LogP contribution in [0.2, 0.25) is 0 Å². The van der Waals surface area contributed by atoms with Crippen molar-refractivity contribution >= 4 is 15.9 Å². The van der Waals surface area contributed by atoms with Gasteiger partial charge in [0.2, 0.25) is 0 Å². The van der Waals surface area contributed by atoms with Crippen LogP contribution >= 0.6 is 15.9 Å². The molecular weight excluding hydrogens is 276 g/mol. The Labute approximate surface area is 112 Å². The van der Waals surface area contributed by atoms with E-state index in [1.807, 2.05) is 0 Å². The van der Waals surface area contributed by atoms with Crippen LogP contribution in [-0.4, -0.2) is 18.0 Å². The van der Waals surface area contributed by atoms with Gasteiger partial charge in [0, 0.05) is 17.6 Å². The van der Waals surface area contributed by atoms with Crippen LogP contribution in [0.25, 0.3) is 0 Å². The van der Waals surface area contributed by atoms with Gasteiger partial charge in [-0.15, -0.1) is 0 Å². The van der Waals surface area contributed by atoms with Crippen molar-refractivity contribution in [2.24, 2.45) is 11.7 Å². The molecule has 0 unspecified atom stereocenters.